The van der Waals surface area contributed by atoms with Gasteiger partial charge in [-0.3, -0.25) is 9.59 Å². The summed E-state index contributed by atoms with van der Waals surface area (Å²) < 4.78 is 31.4. The summed E-state index contributed by atoms with van der Waals surface area (Å²) >= 11 is 0. The van der Waals surface area contributed by atoms with Gasteiger partial charge in [-0.05, 0) is 25.0 Å². The molecule has 1 aromatic rings. The molecule has 0 aliphatic heterocycles. The molecule has 0 saturated heterocycles. The summed E-state index contributed by atoms with van der Waals surface area (Å²) in [5, 5.41) is 0. The van der Waals surface area contributed by atoms with Crippen LogP contribution in [0.25, 0.3) is 0 Å². The molecule has 0 fully saturated rings. The zero-order valence-corrected chi connectivity index (χ0v) is 16.9. The zero-order chi connectivity index (χ0) is 19.9. The van der Waals surface area contributed by atoms with E-state index in [0.29, 0.717) is 25.3 Å². The molecule has 0 bridgehead atoms. The normalized spacial score (nSPS) is 11.8. The van der Waals surface area contributed by atoms with Crippen LogP contribution in [0.2, 0.25) is 0 Å². The molecule has 146 valence electrons. The van der Waals surface area contributed by atoms with Gasteiger partial charge in [0.05, 0.1) is 18.0 Å². The molecule has 1 aromatic carbocycles. The summed E-state index contributed by atoms with van der Waals surface area (Å²) in [5.74, 6) is -0.154. The first kappa shape index (κ1) is 22.3. The van der Waals surface area contributed by atoms with Crippen molar-refractivity contribution in [3.63, 3.8) is 0 Å². The number of benzene rings is 1. The van der Waals surface area contributed by atoms with E-state index in [4.69, 9.17) is 4.74 Å². The zero-order valence-electron chi connectivity index (χ0n) is 16.1. The van der Waals surface area contributed by atoms with Gasteiger partial charge in [0.15, 0.2) is 5.78 Å². The fourth-order valence-electron chi connectivity index (χ4n) is 2.38. The summed E-state index contributed by atoms with van der Waals surface area (Å²) in [7, 11) is -0.890. The Bertz CT molecular complexity index is 714. The summed E-state index contributed by atoms with van der Waals surface area (Å²) in [6.45, 7) is 6.47. The Morgan fingerprint density at radius 3 is 2.19 bits per heavy atom. The highest BCUT2D eigenvalue weighted by Gasteiger charge is 2.25. The number of carbonyl (C=O) groups excluding carboxylic acids is 2. The first-order valence-electron chi connectivity index (χ1n) is 8.43. The lowest BCUT2D eigenvalue weighted by Gasteiger charge is -2.26. The first-order chi connectivity index (χ1) is 12.1. The molecule has 0 aromatic heterocycles. The van der Waals surface area contributed by atoms with E-state index in [1.807, 2.05) is 13.8 Å². The number of rotatable bonds is 10. The molecule has 0 saturated carbocycles. The molecule has 8 heteroatoms. The summed E-state index contributed by atoms with van der Waals surface area (Å²) in [6, 6.07) is 5.69. The van der Waals surface area contributed by atoms with Gasteiger partial charge in [-0.15, -0.1) is 0 Å². The number of amides is 1. The van der Waals surface area contributed by atoms with Gasteiger partial charge in [0.1, 0.15) is 0 Å². The van der Waals surface area contributed by atoms with Crippen molar-refractivity contribution in [1.29, 1.82) is 0 Å². The van der Waals surface area contributed by atoms with Crippen LogP contribution in [0.5, 0.6) is 0 Å². The Balaban J connectivity index is 2.89. The van der Waals surface area contributed by atoms with Crippen molar-refractivity contribution in [3.8, 4) is 0 Å². The molecule has 0 aliphatic rings. The molecule has 0 radical (unpaired) electrons. The van der Waals surface area contributed by atoms with Gasteiger partial charge in [0, 0.05) is 32.8 Å². The number of carbonyl (C=O) groups is 2. The third kappa shape index (κ3) is 6.19. The van der Waals surface area contributed by atoms with Gasteiger partial charge in [0.25, 0.3) is 0 Å². The first-order valence-corrected chi connectivity index (χ1v) is 9.87. The highest BCUT2D eigenvalue weighted by atomic mass is 32.2. The van der Waals surface area contributed by atoms with Crippen LogP contribution in [-0.2, 0) is 19.6 Å². The Morgan fingerprint density at radius 1 is 1.15 bits per heavy atom. The maximum absolute atomic E-state index is 12.7. The molecular formula is C18H28N2O5S. The second kappa shape index (κ2) is 9.80. The van der Waals surface area contributed by atoms with Crippen LogP contribution < -0.4 is 0 Å². The van der Waals surface area contributed by atoms with Crippen LogP contribution in [0.3, 0.4) is 0 Å². The van der Waals surface area contributed by atoms with Crippen molar-refractivity contribution in [2.75, 3.05) is 40.4 Å². The molecule has 0 N–H and O–H groups in total. The predicted octanol–water partition coefficient (Wildman–Crippen LogP) is 1.64. The quantitative estimate of drug-likeness (QED) is 0.573. The lowest BCUT2D eigenvalue weighted by atomic mass is 10.2. The lowest BCUT2D eigenvalue weighted by molar-refractivity contribution is -0.132. The van der Waals surface area contributed by atoms with Crippen molar-refractivity contribution >= 4 is 21.7 Å². The van der Waals surface area contributed by atoms with Crippen LogP contribution in [0.15, 0.2) is 29.2 Å². The smallest absolute Gasteiger partial charge is 0.243 e. The standard InChI is InChI=1S/C18H28N2O5S/c1-14(2)12-20(10-11-25-5)18(22)13-19(4)26(23,24)17-8-6-16(7-9-17)15(3)21/h6-9,14H,10-13H2,1-5H3. The number of Topliss-reactive ketones (excluding diaryl/α,β-unsaturated/α-hetero) is 1. The Hall–Kier alpha value is -1.77. The fourth-order valence-corrected chi connectivity index (χ4v) is 3.50. The number of ether oxygens (including phenoxy) is 1. The number of hydrogen-bond acceptors (Lipinski definition) is 5. The van der Waals surface area contributed by atoms with Gasteiger partial charge < -0.3 is 9.64 Å². The van der Waals surface area contributed by atoms with Gasteiger partial charge in [0.2, 0.25) is 15.9 Å². The van der Waals surface area contributed by atoms with Gasteiger partial charge in [-0.25, -0.2) is 8.42 Å². The fraction of sp³-hybridized carbons (Fsp3) is 0.556. The minimum Gasteiger partial charge on any atom is -0.383 e. The molecule has 7 nitrogen and oxygen atoms in total. The van der Waals surface area contributed by atoms with E-state index in [0.717, 1.165) is 4.31 Å². The molecule has 26 heavy (non-hydrogen) atoms. The average molecular weight is 384 g/mol. The van der Waals surface area contributed by atoms with Gasteiger partial charge in [-0.1, -0.05) is 26.0 Å². The van der Waals surface area contributed by atoms with Gasteiger partial charge >= 0.3 is 0 Å². The number of likely N-dealkylation sites (N-methyl/N-ethyl adjacent to an activating group) is 1. The molecule has 1 rings (SSSR count). The summed E-state index contributed by atoms with van der Waals surface area (Å²) in [4.78, 5) is 25.5. The highest BCUT2D eigenvalue weighted by Crippen LogP contribution is 2.16. The molecular weight excluding hydrogens is 356 g/mol. The van der Waals surface area contributed by atoms with E-state index >= 15 is 0 Å². The van der Waals surface area contributed by atoms with Crippen LogP contribution in [0, 0.1) is 5.92 Å². The Morgan fingerprint density at radius 2 is 1.73 bits per heavy atom. The third-order valence-electron chi connectivity index (χ3n) is 3.83. The molecule has 0 atom stereocenters. The number of sulfonamides is 1. The van der Waals surface area contributed by atoms with E-state index in [-0.39, 0.29) is 29.0 Å². The van der Waals surface area contributed by atoms with E-state index < -0.39 is 10.0 Å². The molecule has 0 spiro atoms. The monoisotopic (exact) mass is 384 g/mol. The number of methoxy groups -OCH3 is 1. The minimum atomic E-state index is -3.82. The van der Waals surface area contributed by atoms with E-state index in [2.05, 4.69) is 0 Å². The summed E-state index contributed by atoms with van der Waals surface area (Å²) in [5.41, 5.74) is 0.436. The molecule has 0 heterocycles. The number of nitrogens with zero attached hydrogens (tertiary/aromatic N) is 2. The van der Waals surface area contributed by atoms with Crippen molar-refractivity contribution in [2.45, 2.75) is 25.7 Å². The van der Waals surface area contributed by atoms with E-state index in [9.17, 15) is 18.0 Å². The van der Waals surface area contributed by atoms with Crippen LogP contribution in [0.4, 0.5) is 0 Å². The third-order valence-corrected chi connectivity index (χ3v) is 5.65. The molecule has 1 amide bonds. The number of hydrogen-bond donors (Lipinski definition) is 0. The van der Waals surface area contributed by atoms with E-state index in [1.54, 1.807) is 12.0 Å². The number of ketones is 1. The Kier molecular flexibility index (Phi) is 8.39. The van der Waals surface area contributed by atoms with Crippen molar-refractivity contribution < 1.29 is 22.7 Å². The average Bonchev–Trinajstić information content (AvgIpc) is 2.58. The minimum absolute atomic E-state index is 0.0464. The van der Waals surface area contributed by atoms with Crippen LogP contribution in [-0.4, -0.2) is 69.7 Å². The highest BCUT2D eigenvalue weighted by molar-refractivity contribution is 7.89. The van der Waals surface area contributed by atoms with Gasteiger partial charge in [-0.2, -0.15) is 4.31 Å². The maximum atomic E-state index is 12.7. The van der Waals surface area contributed by atoms with Crippen molar-refractivity contribution in [2.24, 2.45) is 5.92 Å². The second-order valence-electron chi connectivity index (χ2n) is 6.57. The lowest BCUT2D eigenvalue weighted by Crippen LogP contribution is -2.43. The van der Waals surface area contributed by atoms with E-state index in [1.165, 1.54) is 38.2 Å². The SMILES string of the molecule is COCCN(CC(C)C)C(=O)CN(C)S(=O)(=O)c1ccc(C(C)=O)cc1. The molecule has 0 aliphatic carbocycles. The maximum Gasteiger partial charge on any atom is 0.243 e. The van der Waals surface area contributed by atoms with Crippen molar-refractivity contribution in [3.05, 3.63) is 29.8 Å². The molecule has 0 unspecified atom stereocenters. The van der Waals surface area contributed by atoms with Crippen LogP contribution in [0.1, 0.15) is 31.1 Å². The largest absolute Gasteiger partial charge is 0.383 e. The Labute approximate surface area is 156 Å². The van der Waals surface area contributed by atoms with Crippen molar-refractivity contribution in [1.82, 2.24) is 9.21 Å². The topological polar surface area (TPSA) is 84.0 Å². The second-order valence-corrected chi connectivity index (χ2v) is 8.61. The van der Waals surface area contributed by atoms with Crippen LogP contribution >= 0.6 is 0 Å². The summed E-state index contributed by atoms with van der Waals surface area (Å²) in [6.07, 6.45) is 0. The predicted molar refractivity (Wildman–Crippen MR) is 99.6 cm³/mol.